The first-order valence-electron chi connectivity index (χ1n) is 6.65. The van der Waals surface area contributed by atoms with Crippen LogP contribution in [0.1, 0.15) is 37.8 Å². The molecular weight excluding hydrogens is 226 g/mol. The predicted molar refractivity (Wildman–Crippen MR) is 73.0 cm³/mol. The van der Waals surface area contributed by atoms with E-state index in [-0.39, 0.29) is 6.04 Å². The molecule has 1 aliphatic rings. The molecule has 0 radical (unpaired) electrons. The lowest BCUT2D eigenvalue weighted by Crippen LogP contribution is -2.23. The quantitative estimate of drug-likeness (QED) is 0.891. The van der Waals surface area contributed by atoms with Crippen LogP contribution in [0.4, 0.5) is 0 Å². The highest BCUT2D eigenvalue weighted by Crippen LogP contribution is 2.41. The van der Waals surface area contributed by atoms with E-state index >= 15 is 0 Å². The number of hydrogen-bond acceptors (Lipinski definition) is 3. The fourth-order valence-corrected chi connectivity index (χ4v) is 3.03. The van der Waals surface area contributed by atoms with Crippen LogP contribution in [-0.2, 0) is 0 Å². The minimum atomic E-state index is 0.0587. The first-order valence-corrected chi connectivity index (χ1v) is 6.65. The van der Waals surface area contributed by atoms with Gasteiger partial charge in [0.1, 0.15) is 11.5 Å². The zero-order valence-electron chi connectivity index (χ0n) is 11.5. The van der Waals surface area contributed by atoms with Crippen molar-refractivity contribution in [2.75, 3.05) is 14.2 Å². The lowest BCUT2D eigenvalue weighted by atomic mass is 9.86. The molecule has 0 heterocycles. The third-order valence-electron chi connectivity index (χ3n) is 4.19. The molecule has 2 rings (SSSR count). The van der Waals surface area contributed by atoms with Crippen molar-refractivity contribution in [3.05, 3.63) is 23.8 Å². The Hall–Kier alpha value is -1.22. The second kappa shape index (κ2) is 5.61. The maximum Gasteiger partial charge on any atom is 0.127 e. The lowest BCUT2D eigenvalue weighted by molar-refractivity contribution is 0.334. The smallest absolute Gasteiger partial charge is 0.127 e. The van der Waals surface area contributed by atoms with Crippen LogP contribution in [-0.4, -0.2) is 14.2 Å². The highest BCUT2D eigenvalue weighted by atomic mass is 16.5. The first-order chi connectivity index (χ1) is 8.67. The summed E-state index contributed by atoms with van der Waals surface area (Å²) < 4.78 is 10.7. The summed E-state index contributed by atoms with van der Waals surface area (Å²) in [5.74, 6) is 2.90. The third-order valence-corrected chi connectivity index (χ3v) is 4.19. The van der Waals surface area contributed by atoms with Crippen LogP contribution in [0, 0.1) is 11.8 Å². The van der Waals surface area contributed by atoms with Crippen molar-refractivity contribution >= 4 is 0 Å². The van der Waals surface area contributed by atoms with Crippen molar-refractivity contribution in [3.63, 3.8) is 0 Å². The van der Waals surface area contributed by atoms with Gasteiger partial charge >= 0.3 is 0 Å². The number of nitrogens with two attached hydrogens (primary N) is 1. The summed E-state index contributed by atoms with van der Waals surface area (Å²) in [6.45, 7) is 2.30. The number of hydrogen-bond donors (Lipinski definition) is 1. The van der Waals surface area contributed by atoms with Gasteiger partial charge in [-0.25, -0.2) is 0 Å². The third kappa shape index (κ3) is 2.46. The van der Waals surface area contributed by atoms with E-state index in [0.29, 0.717) is 11.8 Å². The maximum absolute atomic E-state index is 6.44. The van der Waals surface area contributed by atoms with Crippen LogP contribution in [0.2, 0.25) is 0 Å². The molecular formula is C15H23NO2. The number of rotatable bonds is 4. The Bertz CT molecular complexity index is 405. The maximum atomic E-state index is 6.44. The van der Waals surface area contributed by atoms with E-state index in [1.54, 1.807) is 14.2 Å². The van der Waals surface area contributed by atoms with E-state index in [1.165, 1.54) is 19.3 Å². The SMILES string of the molecule is COc1ccc(C(N)C2CCCC2C)c(OC)c1. The highest BCUT2D eigenvalue weighted by Gasteiger charge is 2.31. The molecule has 1 aromatic rings. The molecule has 100 valence electrons. The van der Waals surface area contributed by atoms with Crippen molar-refractivity contribution < 1.29 is 9.47 Å². The van der Waals surface area contributed by atoms with Gasteiger partial charge in [0.05, 0.1) is 14.2 Å². The van der Waals surface area contributed by atoms with Crippen molar-refractivity contribution in [3.8, 4) is 11.5 Å². The summed E-state index contributed by atoms with van der Waals surface area (Å²) in [6.07, 6.45) is 3.80. The first kappa shape index (κ1) is 13.2. The van der Waals surface area contributed by atoms with Crippen molar-refractivity contribution in [2.45, 2.75) is 32.2 Å². The molecule has 1 saturated carbocycles. The molecule has 3 atom stereocenters. The Morgan fingerprint density at radius 2 is 2.00 bits per heavy atom. The molecule has 3 heteroatoms. The van der Waals surface area contributed by atoms with E-state index in [1.807, 2.05) is 18.2 Å². The summed E-state index contributed by atoms with van der Waals surface area (Å²) in [4.78, 5) is 0. The number of ether oxygens (including phenoxy) is 2. The van der Waals surface area contributed by atoms with E-state index in [4.69, 9.17) is 15.2 Å². The molecule has 1 aliphatic carbocycles. The largest absolute Gasteiger partial charge is 0.497 e. The number of benzene rings is 1. The van der Waals surface area contributed by atoms with Gasteiger partial charge in [0, 0.05) is 17.7 Å². The topological polar surface area (TPSA) is 44.5 Å². The monoisotopic (exact) mass is 249 g/mol. The van der Waals surface area contributed by atoms with E-state index < -0.39 is 0 Å². The van der Waals surface area contributed by atoms with Crippen molar-refractivity contribution in [1.29, 1.82) is 0 Å². The average molecular weight is 249 g/mol. The fourth-order valence-electron chi connectivity index (χ4n) is 3.03. The zero-order chi connectivity index (χ0) is 13.1. The van der Waals surface area contributed by atoms with Gasteiger partial charge in [-0.05, 0) is 24.3 Å². The zero-order valence-corrected chi connectivity index (χ0v) is 11.5. The summed E-state index contributed by atoms with van der Waals surface area (Å²) in [7, 11) is 3.34. The molecule has 0 bridgehead atoms. The van der Waals surface area contributed by atoms with E-state index in [9.17, 15) is 0 Å². The Kier molecular flexibility index (Phi) is 4.12. The molecule has 0 aromatic heterocycles. The van der Waals surface area contributed by atoms with Gasteiger partial charge in [0.25, 0.3) is 0 Å². The minimum Gasteiger partial charge on any atom is -0.497 e. The lowest BCUT2D eigenvalue weighted by Gasteiger charge is -2.25. The summed E-state index contributed by atoms with van der Waals surface area (Å²) in [6, 6.07) is 5.96. The molecule has 0 spiro atoms. The molecule has 0 amide bonds. The molecule has 3 unspecified atom stereocenters. The van der Waals surface area contributed by atoms with Crippen molar-refractivity contribution in [2.24, 2.45) is 17.6 Å². The standard InChI is InChI=1S/C15H23NO2/c1-10-5-4-6-12(10)15(16)13-8-7-11(17-2)9-14(13)18-3/h7-10,12,15H,4-6,16H2,1-3H3. The van der Waals surface area contributed by atoms with Gasteiger partial charge < -0.3 is 15.2 Å². The second-order valence-electron chi connectivity index (χ2n) is 5.21. The minimum absolute atomic E-state index is 0.0587. The van der Waals surface area contributed by atoms with Gasteiger partial charge in [0.2, 0.25) is 0 Å². The molecule has 1 fully saturated rings. The van der Waals surface area contributed by atoms with Crippen LogP contribution in [0.25, 0.3) is 0 Å². The second-order valence-corrected chi connectivity index (χ2v) is 5.21. The Morgan fingerprint density at radius 1 is 1.22 bits per heavy atom. The van der Waals surface area contributed by atoms with E-state index in [2.05, 4.69) is 6.92 Å². The van der Waals surface area contributed by atoms with Gasteiger partial charge in [-0.3, -0.25) is 0 Å². The predicted octanol–water partition coefficient (Wildman–Crippen LogP) is 3.14. The molecule has 0 aliphatic heterocycles. The molecule has 1 aromatic carbocycles. The number of methoxy groups -OCH3 is 2. The van der Waals surface area contributed by atoms with Crippen molar-refractivity contribution in [1.82, 2.24) is 0 Å². The van der Waals surface area contributed by atoms with Gasteiger partial charge in [-0.15, -0.1) is 0 Å². The molecule has 3 nitrogen and oxygen atoms in total. The Labute approximate surface area is 109 Å². The summed E-state index contributed by atoms with van der Waals surface area (Å²) in [5.41, 5.74) is 7.53. The Balaban J connectivity index is 2.26. The molecule has 2 N–H and O–H groups in total. The van der Waals surface area contributed by atoms with Gasteiger partial charge in [-0.2, -0.15) is 0 Å². The normalized spacial score (nSPS) is 24.9. The molecule has 0 saturated heterocycles. The average Bonchev–Trinajstić information content (AvgIpc) is 2.83. The summed E-state index contributed by atoms with van der Waals surface area (Å²) >= 11 is 0. The molecule has 18 heavy (non-hydrogen) atoms. The van der Waals surface area contributed by atoms with E-state index in [0.717, 1.165) is 17.1 Å². The highest BCUT2D eigenvalue weighted by molar-refractivity contribution is 5.42. The fraction of sp³-hybridized carbons (Fsp3) is 0.600. The van der Waals surface area contributed by atoms with Gasteiger partial charge in [-0.1, -0.05) is 25.8 Å². The summed E-state index contributed by atoms with van der Waals surface area (Å²) in [5, 5.41) is 0. The van der Waals surface area contributed by atoms with Crippen LogP contribution < -0.4 is 15.2 Å². The van der Waals surface area contributed by atoms with Crippen LogP contribution in [0.15, 0.2) is 18.2 Å². The van der Waals surface area contributed by atoms with Crippen LogP contribution in [0.3, 0.4) is 0 Å². The van der Waals surface area contributed by atoms with Gasteiger partial charge in [0.15, 0.2) is 0 Å². The van der Waals surface area contributed by atoms with Crippen LogP contribution >= 0.6 is 0 Å². The van der Waals surface area contributed by atoms with Crippen LogP contribution in [0.5, 0.6) is 11.5 Å². The Morgan fingerprint density at radius 3 is 2.56 bits per heavy atom.